The summed E-state index contributed by atoms with van der Waals surface area (Å²) < 4.78 is 6.59. The van der Waals surface area contributed by atoms with E-state index in [-0.39, 0.29) is 5.75 Å². The van der Waals surface area contributed by atoms with Crippen molar-refractivity contribution in [1.82, 2.24) is 4.98 Å². The molecule has 1 aromatic heterocycles. The number of fused-ring (bicyclic) bond motifs is 1. The first kappa shape index (κ1) is 12.9. The highest BCUT2D eigenvalue weighted by atomic mass is 79.9. The van der Waals surface area contributed by atoms with Gasteiger partial charge >= 0.3 is 0 Å². The lowest BCUT2D eigenvalue weighted by atomic mass is 10.1. The summed E-state index contributed by atoms with van der Waals surface area (Å²) in [6, 6.07) is 13.1. The Hall–Kier alpha value is -2.07. The van der Waals surface area contributed by atoms with Crippen LogP contribution in [0.1, 0.15) is 5.56 Å². The highest BCUT2D eigenvalue weighted by molar-refractivity contribution is 9.10. The quantitative estimate of drug-likeness (QED) is 0.734. The van der Waals surface area contributed by atoms with Gasteiger partial charge in [-0.25, -0.2) is 4.98 Å². The van der Waals surface area contributed by atoms with E-state index in [2.05, 4.69) is 20.9 Å². The summed E-state index contributed by atoms with van der Waals surface area (Å²) in [4.78, 5) is 4.18. The number of aromatic hydroxyl groups is 1. The predicted molar refractivity (Wildman–Crippen MR) is 82.4 cm³/mol. The SMILES string of the molecule is Cc1cc(Oc2cc3ccccc3cc2O)ncc1Br. The van der Waals surface area contributed by atoms with E-state index >= 15 is 0 Å². The molecule has 0 unspecified atom stereocenters. The van der Waals surface area contributed by atoms with E-state index in [1.807, 2.05) is 43.3 Å². The second-order valence-electron chi connectivity index (χ2n) is 4.54. The third-order valence-corrected chi connectivity index (χ3v) is 3.89. The highest BCUT2D eigenvalue weighted by Crippen LogP contribution is 2.34. The van der Waals surface area contributed by atoms with E-state index in [0.29, 0.717) is 11.6 Å². The number of hydrogen-bond donors (Lipinski definition) is 1. The molecule has 0 spiro atoms. The number of rotatable bonds is 2. The number of phenolic OH excluding ortho intramolecular Hbond substituents is 1. The summed E-state index contributed by atoms with van der Waals surface area (Å²) in [6.07, 6.45) is 1.68. The summed E-state index contributed by atoms with van der Waals surface area (Å²) >= 11 is 3.39. The summed E-state index contributed by atoms with van der Waals surface area (Å²) in [5, 5.41) is 12.0. The van der Waals surface area contributed by atoms with Crippen LogP contribution in [0.5, 0.6) is 17.4 Å². The zero-order valence-electron chi connectivity index (χ0n) is 10.8. The van der Waals surface area contributed by atoms with Gasteiger partial charge in [-0.15, -0.1) is 0 Å². The fourth-order valence-corrected chi connectivity index (χ4v) is 2.19. The Kier molecular flexibility index (Phi) is 3.32. The molecule has 0 amide bonds. The predicted octanol–water partition coefficient (Wildman–Crippen LogP) is 4.80. The Morgan fingerprint density at radius 1 is 1.10 bits per heavy atom. The van der Waals surface area contributed by atoms with Gasteiger partial charge in [0.15, 0.2) is 11.5 Å². The summed E-state index contributed by atoms with van der Waals surface area (Å²) in [6.45, 7) is 1.96. The summed E-state index contributed by atoms with van der Waals surface area (Å²) in [5.74, 6) is 0.959. The highest BCUT2D eigenvalue weighted by Gasteiger charge is 2.08. The van der Waals surface area contributed by atoms with Gasteiger partial charge in [0, 0.05) is 16.7 Å². The molecular weight excluding hydrogens is 318 g/mol. The molecule has 0 saturated heterocycles. The molecule has 20 heavy (non-hydrogen) atoms. The molecule has 3 aromatic rings. The first-order valence-corrected chi connectivity index (χ1v) is 6.94. The molecule has 4 heteroatoms. The lowest BCUT2D eigenvalue weighted by molar-refractivity contribution is 0.403. The fourth-order valence-electron chi connectivity index (χ4n) is 1.97. The third-order valence-electron chi connectivity index (χ3n) is 3.06. The molecule has 100 valence electrons. The van der Waals surface area contributed by atoms with E-state index in [1.54, 1.807) is 12.3 Å². The van der Waals surface area contributed by atoms with Crippen molar-refractivity contribution >= 4 is 26.7 Å². The largest absolute Gasteiger partial charge is 0.504 e. The molecule has 0 bridgehead atoms. The van der Waals surface area contributed by atoms with E-state index in [0.717, 1.165) is 20.8 Å². The van der Waals surface area contributed by atoms with Gasteiger partial charge in [0.1, 0.15) is 0 Å². The van der Waals surface area contributed by atoms with Gasteiger partial charge in [-0.05, 0) is 51.3 Å². The van der Waals surface area contributed by atoms with Crippen molar-refractivity contribution in [1.29, 1.82) is 0 Å². The van der Waals surface area contributed by atoms with E-state index in [9.17, 15) is 5.11 Å². The van der Waals surface area contributed by atoms with Crippen molar-refractivity contribution in [3.63, 3.8) is 0 Å². The van der Waals surface area contributed by atoms with Crippen LogP contribution in [0, 0.1) is 6.92 Å². The van der Waals surface area contributed by atoms with Crippen LogP contribution in [0.25, 0.3) is 10.8 Å². The van der Waals surface area contributed by atoms with Gasteiger partial charge < -0.3 is 9.84 Å². The topological polar surface area (TPSA) is 42.4 Å². The minimum Gasteiger partial charge on any atom is -0.504 e. The van der Waals surface area contributed by atoms with Crippen LogP contribution in [-0.2, 0) is 0 Å². The number of hydrogen-bond acceptors (Lipinski definition) is 3. The number of phenols is 1. The molecule has 0 atom stereocenters. The second-order valence-corrected chi connectivity index (χ2v) is 5.40. The van der Waals surface area contributed by atoms with E-state index < -0.39 is 0 Å². The van der Waals surface area contributed by atoms with E-state index in [4.69, 9.17) is 4.74 Å². The minimum atomic E-state index is 0.103. The zero-order valence-corrected chi connectivity index (χ0v) is 12.4. The van der Waals surface area contributed by atoms with Crippen molar-refractivity contribution in [3.8, 4) is 17.4 Å². The molecule has 0 aliphatic carbocycles. The van der Waals surface area contributed by atoms with Gasteiger partial charge in [0.2, 0.25) is 5.88 Å². The van der Waals surface area contributed by atoms with Crippen molar-refractivity contribution in [2.45, 2.75) is 6.92 Å². The second kappa shape index (κ2) is 5.13. The molecular formula is C16H12BrNO2. The molecule has 2 aromatic carbocycles. The number of aryl methyl sites for hydroxylation is 1. The standard InChI is InChI=1S/C16H12BrNO2/c1-10-6-16(18-9-13(10)17)20-15-8-12-5-3-2-4-11(12)7-14(15)19/h2-9,19H,1H3. The van der Waals surface area contributed by atoms with Gasteiger partial charge in [-0.2, -0.15) is 0 Å². The maximum Gasteiger partial charge on any atom is 0.219 e. The van der Waals surface area contributed by atoms with E-state index in [1.165, 1.54) is 0 Å². The normalized spacial score (nSPS) is 10.7. The number of nitrogens with zero attached hydrogens (tertiary/aromatic N) is 1. The molecule has 1 N–H and O–H groups in total. The maximum atomic E-state index is 10.0. The van der Waals surface area contributed by atoms with Crippen molar-refractivity contribution in [2.24, 2.45) is 0 Å². The molecule has 0 saturated carbocycles. The molecule has 0 radical (unpaired) electrons. The molecule has 0 aliphatic heterocycles. The van der Waals surface area contributed by atoms with Crippen LogP contribution in [0.15, 0.2) is 53.1 Å². The van der Waals surface area contributed by atoms with Gasteiger partial charge in [0.05, 0.1) is 0 Å². The number of halogens is 1. The molecule has 3 nitrogen and oxygen atoms in total. The van der Waals surface area contributed by atoms with Gasteiger partial charge in [0.25, 0.3) is 0 Å². The number of aromatic nitrogens is 1. The van der Waals surface area contributed by atoms with Crippen LogP contribution in [0.4, 0.5) is 0 Å². The number of ether oxygens (including phenoxy) is 1. The average Bonchev–Trinajstić information content (AvgIpc) is 2.44. The number of benzene rings is 2. The first-order valence-electron chi connectivity index (χ1n) is 6.15. The molecule has 1 heterocycles. The van der Waals surface area contributed by atoms with Crippen LogP contribution < -0.4 is 4.74 Å². The monoisotopic (exact) mass is 329 g/mol. The Bertz CT molecular complexity index is 787. The van der Waals surface area contributed by atoms with Gasteiger partial charge in [-0.3, -0.25) is 0 Å². The number of pyridine rings is 1. The Balaban J connectivity index is 2.01. The summed E-state index contributed by atoms with van der Waals surface area (Å²) in [5.41, 5.74) is 1.02. The van der Waals surface area contributed by atoms with Crippen LogP contribution in [-0.4, -0.2) is 10.1 Å². The molecule has 3 rings (SSSR count). The van der Waals surface area contributed by atoms with Crippen molar-refractivity contribution in [2.75, 3.05) is 0 Å². The maximum absolute atomic E-state index is 10.0. The minimum absolute atomic E-state index is 0.103. The first-order chi connectivity index (χ1) is 9.63. The van der Waals surface area contributed by atoms with Crippen molar-refractivity contribution in [3.05, 3.63) is 58.7 Å². The molecule has 0 fully saturated rings. The Labute approximate surface area is 125 Å². The fraction of sp³-hybridized carbons (Fsp3) is 0.0625. The third kappa shape index (κ3) is 2.47. The smallest absolute Gasteiger partial charge is 0.219 e. The lowest BCUT2D eigenvalue weighted by Gasteiger charge is -2.09. The van der Waals surface area contributed by atoms with Crippen molar-refractivity contribution < 1.29 is 9.84 Å². The Morgan fingerprint density at radius 2 is 1.80 bits per heavy atom. The van der Waals surface area contributed by atoms with Crippen LogP contribution >= 0.6 is 15.9 Å². The van der Waals surface area contributed by atoms with Crippen LogP contribution in [0.3, 0.4) is 0 Å². The zero-order chi connectivity index (χ0) is 14.1. The average molecular weight is 330 g/mol. The lowest BCUT2D eigenvalue weighted by Crippen LogP contribution is -1.90. The summed E-state index contributed by atoms with van der Waals surface area (Å²) in [7, 11) is 0. The van der Waals surface area contributed by atoms with Crippen LogP contribution in [0.2, 0.25) is 0 Å². The Morgan fingerprint density at radius 3 is 2.50 bits per heavy atom. The van der Waals surface area contributed by atoms with Gasteiger partial charge in [-0.1, -0.05) is 24.3 Å². The molecule has 0 aliphatic rings.